The Morgan fingerprint density at radius 2 is 2.33 bits per heavy atom. The monoisotopic (exact) mass is 142 g/mol. The number of rotatable bonds is 1. The van der Waals surface area contributed by atoms with E-state index >= 15 is 0 Å². The highest BCUT2D eigenvalue weighted by Gasteiger charge is 2.03. The van der Waals surface area contributed by atoms with Crippen molar-refractivity contribution in [3.05, 3.63) is 12.4 Å². The van der Waals surface area contributed by atoms with Crippen molar-refractivity contribution in [1.29, 1.82) is 0 Å². The highest BCUT2D eigenvalue weighted by atomic mass is 32.2. The minimum absolute atomic E-state index is 0.928. The summed E-state index contributed by atoms with van der Waals surface area (Å²) in [6.07, 6.45) is 5.33. The van der Waals surface area contributed by atoms with Gasteiger partial charge in [0.05, 0.1) is 0 Å². The van der Waals surface area contributed by atoms with E-state index in [0.29, 0.717) is 0 Å². The largest absolute Gasteiger partial charge is 0.379 e. The first-order valence-corrected chi connectivity index (χ1v) is 3.78. The lowest BCUT2D eigenvalue weighted by atomic mass is 10.9. The predicted octanol–water partition coefficient (Wildman–Crippen LogP) is 0.0230. The molecule has 0 aromatic carbocycles. The van der Waals surface area contributed by atoms with Crippen molar-refractivity contribution >= 4 is 11.8 Å². The summed E-state index contributed by atoms with van der Waals surface area (Å²) in [6.45, 7) is 0. The summed E-state index contributed by atoms with van der Waals surface area (Å²) in [5.41, 5.74) is 0. The Hall–Kier alpha value is -0.640. The molecule has 0 bridgehead atoms. The molecule has 3 nitrogen and oxygen atoms in total. The van der Waals surface area contributed by atoms with Gasteiger partial charge in [-0.3, -0.25) is 0 Å². The van der Waals surface area contributed by atoms with Crippen LogP contribution in [0.4, 0.5) is 0 Å². The Morgan fingerprint density at radius 3 is 2.78 bits per heavy atom. The van der Waals surface area contributed by atoms with E-state index < -0.39 is 0 Å². The first-order chi connectivity index (χ1) is 4.34. The second kappa shape index (κ2) is 2.77. The van der Waals surface area contributed by atoms with Gasteiger partial charge in [0.25, 0.3) is 0 Å². The first kappa shape index (κ1) is 6.48. The van der Waals surface area contributed by atoms with Crippen LogP contribution in [-0.4, -0.2) is 16.3 Å². The van der Waals surface area contributed by atoms with Gasteiger partial charge in [0.1, 0.15) is 13.2 Å². The van der Waals surface area contributed by atoms with Crippen LogP contribution in [0.3, 0.4) is 0 Å². The van der Waals surface area contributed by atoms with Crippen LogP contribution in [0.15, 0.2) is 17.6 Å². The summed E-state index contributed by atoms with van der Waals surface area (Å²) in [7, 11) is 1.87. The molecular formula is C5H8N3S+. The van der Waals surface area contributed by atoms with Crippen molar-refractivity contribution in [2.75, 3.05) is 6.26 Å². The molecule has 0 aliphatic rings. The summed E-state index contributed by atoms with van der Waals surface area (Å²) < 4.78 is 1.74. The Kier molecular flexibility index (Phi) is 2.00. The summed E-state index contributed by atoms with van der Waals surface area (Å²) >= 11 is 1.58. The van der Waals surface area contributed by atoms with Gasteiger partial charge in [-0.25, -0.2) is 0 Å². The van der Waals surface area contributed by atoms with E-state index in [1.54, 1.807) is 28.8 Å². The third-order valence-electron chi connectivity index (χ3n) is 0.951. The fourth-order valence-electron chi connectivity index (χ4n) is 0.545. The van der Waals surface area contributed by atoms with Crippen molar-refractivity contribution in [3.63, 3.8) is 0 Å². The highest BCUT2D eigenvalue weighted by Crippen LogP contribution is 2.00. The summed E-state index contributed by atoms with van der Waals surface area (Å²) in [5.74, 6) is 0. The average Bonchev–Trinajstić information content (AvgIpc) is 1.89. The van der Waals surface area contributed by atoms with Crippen LogP contribution in [0.25, 0.3) is 0 Å². The fraction of sp³-hybridized carbons (Fsp3) is 0.400. The number of aromatic nitrogens is 3. The topological polar surface area (TPSA) is 29.7 Å². The quantitative estimate of drug-likeness (QED) is 0.409. The van der Waals surface area contributed by atoms with E-state index in [9.17, 15) is 0 Å². The lowest BCUT2D eigenvalue weighted by molar-refractivity contribution is -0.769. The molecule has 0 amide bonds. The minimum Gasteiger partial charge on any atom is -0.128 e. The maximum Gasteiger partial charge on any atom is 0.379 e. The molecule has 0 aliphatic carbocycles. The number of aryl methyl sites for hydroxylation is 1. The molecule has 1 aromatic rings. The van der Waals surface area contributed by atoms with E-state index in [4.69, 9.17) is 0 Å². The van der Waals surface area contributed by atoms with E-state index in [-0.39, 0.29) is 0 Å². The minimum atomic E-state index is 0.928. The van der Waals surface area contributed by atoms with Gasteiger partial charge >= 0.3 is 5.16 Å². The zero-order chi connectivity index (χ0) is 6.69. The van der Waals surface area contributed by atoms with Crippen LogP contribution in [0.5, 0.6) is 0 Å². The standard InChI is InChI=1S/C5H8N3S/c1-8-5(9-2)6-3-4-7-8/h3-4H,1-2H3/q+1. The van der Waals surface area contributed by atoms with Crippen molar-refractivity contribution in [2.24, 2.45) is 7.05 Å². The van der Waals surface area contributed by atoms with Crippen LogP contribution in [-0.2, 0) is 7.05 Å². The van der Waals surface area contributed by atoms with Crippen LogP contribution in [0, 0.1) is 0 Å². The third kappa shape index (κ3) is 1.38. The van der Waals surface area contributed by atoms with Crippen molar-refractivity contribution in [2.45, 2.75) is 5.16 Å². The summed E-state index contributed by atoms with van der Waals surface area (Å²) in [4.78, 5) is 4.06. The average molecular weight is 142 g/mol. The van der Waals surface area contributed by atoms with Crippen LogP contribution < -0.4 is 4.68 Å². The van der Waals surface area contributed by atoms with Crippen LogP contribution in [0.2, 0.25) is 0 Å². The zero-order valence-electron chi connectivity index (χ0n) is 5.40. The normalized spacial score (nSPS) is 9.56. The molecule has 0 saturated carbocycles. The fourth-order valence-corrected chi connectivity index (χ4v) is 1.02. The maximum atomic E-state index is 4.06. The Bertz CT molecular complexity index is 201. The van der Waals surface area contributed by atoms with Crippen LogP contribution >= 0.6 is 11.8 Å². The molecule has 0 unspecified atom stereocenters. The van der Waals surface area contributed by atoms with Gasteiger partial charge in [0, 0.05) is 0 Å². The lowest BCUT2D eigenvalue weighted by Crippen LogP contribution is -2.35. The number of hydrogen-bond donors (Lipinski definition) is 0. The van der Waals surface area contributed by atoms with Gasteiger partial charge in [0.15, 0.2) is 6.20 Å². The molecule has 0 saturated heterocycles. The van der Waals surface area contributed by atoms with Crippen LogP contribution in [0.1, 0.15) is 0 Å². The van der Waals surface area contributed by atoms with E-state index in [1.807, 2.05) is 13.3 Å². The molecule has 0 aliphatic heterocycles. The molecule has 0 N–H and O–H groups in total. The van der Waals surface area contributed by atoms with Gasteiger partial charge in [-0.1, -0.05) is 5.10 Å². The van der Waals surface area contributed by atoms with E-state index in [2.05, 4.69) is 10.1 Å². The van der Waals surface area contributed by atoms with Gasteiger partial charge in [-0.05, 0) is 23.0 Å². The second-order valence-electron chi connectivity index (χ2n) is 1.55. The molecule has 0 atom stereocenters. The zero-order valence-corrected chi connectivity index (χ0v) is 6.22. The maximum absolute atomic E-state index is 4.06. The summed E-state index contributed by atoms with van der Waals surface area (Å²) in [5, 5.41) is 4.91. The predicted molar refractivity (Wildman–Crippen MR) is 35.0 cm³/mol. The van der Waals surface area contributed by atoms with Crippen molar-refractivity contribution in [3.8, 4) is 0 Å². The van der Waals surface area contributed by atoms with E-state index in [0.717, 1.165) is 5.16 Å². The Labute approximate surface area is 58.1 Å². The number of thioether (sulfide) groups is 1. The van der Waals surface area contributed by atoms with Gasteiger partial charge in [-0.15, -0.1) is 4.68 Å². The second-order valence-corrected chi connectivity index (χ2v) is 2.33. The van der Waals surface area contributed by atoms with Gasteiger partial charge < -0.3 is 0 Å². The van der Waals surface area contributed by atoms with Crippen molar-refractivity contribution in [1.82, 2.24) is 10.1 Å². The number of nitrogens with zero attached hydrogens (tertiary/aromatic N) is 3. The SMILES string of the molecule is CSc1nccn[n+]1C. The lowest BCUT2D eigenvalue weighted by Gasteiger charge is -1.87. The molecule has 0 radical (unpaired) electrons. The highest BCUT2D eigenvalue weighted by molar-refractivity contribution is 7.98. The van der Waals surface area contributed by atoms with E-state index in [1.165, 1.54) is 0 Å². The molecule has 1 heterocycles. The Morgan fingerprint density at radius 1 is 1.56 bits per heavy atom. The molecule has 4 heteroatoms. The molecule has 1 aromatic heterocycles. The smallest absolute Gasteiger partial charge is 0.128 e. The van der Waals surface area contributed by atoms with Crippen molar-refractivity contribution < 1.29 is 4.68 Å². The van der Waals surface area contributed by atoms with Gasteiger partial charge in [-0.2, -0.15) is 0 Å². The molecule has 0 spiro atoms. The molecule has 48 valence electrons. The molecule has 0 fully saturated rings. The molecule has 9 heavy (non-hydrogen) atoms. The van der Waals surface area contributed by atoms with Gasteiger partial charge in [0.2, 0.25) is 0 Å². The number of hydrogen-bond acceptors (Lipinski definition) is 3. The summed E-state index contributed by atoms with van der Waals surface area (Å²) in [6, 6.07) is 0. The first-order valence-electron chi connectivity index (χ1n) is 2.56. The third-order valence-corrected chi connectivity index (χ3v) is 1.69. The molecular weight excluding hydrogens is 134 g/mol. The molecule has 1 rings (SSSR count). The Balaban J connectivity index is 3.01.